The van der Waals surface area contributed by atoms with E-state index in [4.69, 9.17) is 0 Å². The summed E-state index contributed by atoms with van der Waals surface area (Å²) >= 11 is 1.37. The lowest BCUT2D eigenvalue weighted by Crippen LogP contribution is -2.53. The van der Waals surface area contributed by atoms with E-state index < -0.39 is 6.04 Å². The number of piperidine rings is 1. The zero-order valence-electron chi connectivity index (χ0n) is 14.4. The number of carbonyl (C=O) groups is 2. The molecule has 2 heterocycles. The highest BCUT2D eigenvalue weighted by molar-refractivity contribution is 7.12. The van der Waals surface area contributed by atoms with Crippen LogP contribution in [-0.2, 0) is 11.2 Å². The van der Waals surface area contributed by atoms with Crippen LogP contribution in [0.15, 0.2) is 47.8 Å². The van der Waals surface area contributed by atoms with Gasteiger partial charge in [-0.25, -0.2) is 0 Å². The number of carbonyl (C=O) groups excluding carboxylic acids is 2. The Hall–Kier alpha value is -1.89. The Morgan fingerprint density at radius 3 is 2.65 bits per heavy atom. The first-order valence-electron chi connectivity index (χ1n) is 8.62. The summed E-state index contributed by atoms with van der Waals surface area (Å²) in [4.78, 5) is 25.8. The van der Waals surface area contributed by atoms with Crippen LogP contribution < -0.4 is 16.0 Å². The van der Waals surface area contributed by atoms with Crippen LogP contribution in [0.4, 0.5) is 0 Å². The Balaban J connectivity index is 0.00000243. The topological polar surface area (TPSA) is 70.2 Å². The predicted octanol–water partition coefficient (Wildman–Crippen LogP) is 2.38. The second kappa shape index (κ2) is 10.3. The van der Waals surface area contributed by atoms with E-state index in [0.717, 1.165) is 31.5 Å². The fourth-order valence-electron chi connectivity index (χ4n) is 2.97. The summed E-state index contributed by atoms with van der Waals surface area (Å²) in [6.45, 7) is 1.78. The van der Waals surface area contributed by atoms with Crippen molar-refractivity contribution in [1.82, 2.24) is 16.0 Å². The average molecular weight is 394 g/mol. The van der Waals surface area contributed by atoms with E-state index in [1.54, 1.807) is 6.07 Å². The number of nitrogens with one attached hydrogen (secondary N) is 3. The maximum absolute atomic E-state index is 12.8. The van der Waals surface area contributed by atoms with Gasteiger partial charge in [-0.2, -0.15) is 0 Å². The lowest BCUT2D eigenvalue weighted by molar-refractivity contribution is -0.123. The molecule has 3 rings (SSSR count). The van der Waals surface area contributed by atoms with Crippen LogP contribution in [-0.4, -0.2) is 37.0 Å². The van der Waals surface area contributed by atoms with E-state index in [1.807, 2.05) is 41.8 Å². The molecule has 1 saturated heterocycles. The molecule has 140 valence electrons. The molecule has 2 unspecified atom stereocenters. The fraction of sp³-hybridized carbons (Fsp3) is 0.368. The van der Waals surface area contributed by atoms with Crippen molar-refractivity contribution < 1.29 is 9.59 Å². The molecule has 5 nitrogen and oxygen atoms in total. The predicted molar refractivity (Wildman–Crippen MR) is 107 cm³/mol. The zero-order chi connectivity index (χ0) is 17.5. The van der Waals surface area contributed by atoms with E-state index in [1.165, 1.54) is 11.3 Å². The van der Waals surface area contributed by atoms with E-state index in [-0.39, 0.29) is 30.3 Å². The molecule has 0 bridgehead atoms. The van der Waals surface area contributed by atoms with Crippen LogP contribution in [0.2, 0.25) is 0 Å². The SMILES string of the molecule is Cl.O=C(NC(Cc1ccccc1)C(=O)NC1CCCNC1)c1cccs1. The van der Waals surface area contributed by atoms with Crippen molar-refractivity contribution in [3.8, 4) is 0 Å². The molecule has 1 aliphatic rings. The molecule has 2 atom stereocenters. The standard InChI is InChI=1S/C19H23N3O2S.ClH/c23-18(21-15-8-4-10-20-13-15)16(12-14-6-2-1-3-7-14)22-19(24)17-9-5-11-25-17;/h1-3,5-7,9,11,15-16,20H,4,8,10,12-13H2,(H,21,23)(H,22,24);1H. The van der Waals surface area contributed by atoms with Crippen molar-refractivity contribution in [1.29, 1.82) is 0 Å². The second-order valence-corrected chi connectivity index (χ2v) is 7.19. The lowest BCUT2D eigenvalue weighted by Gasteiger charge is -2.26. The molecule has 0 saturated carbocycles. The molecule has 0 radical (unpaired) electrons. The largest absolute Gasteiger partial charge is 0.350 e. The lowest BCUT2D eigenvalue weighted by atomic mass is 10.0. The van der Waals surface area contributed by atoms with Gasteiger partial charge in [0.15, 0.2) is 0 Å². The molecule has 0 spiro atoms. The number of halogens is 1. The summed E-state index contributed by atoms with van der Waals surface area (Å²) in [6.07, 6.45) is 2.50. The molecule has 0 aliphatic carbocycles. The van der Waals surface area contributed by atoms with E-state index in [0.29, 0.717) is 11.3 Å². The highest BCUT2D eigenvalue weighted by Gasteiger charge is 2.25. The summed E-state index contributed by atoms with van der Waals surface area (Å²) in [5, 5.41) is 11.1. The van der Waals surface area contributed by atoms with Gasteiger partial charge < -0.3 is 16.0 Å². The molecule has 3 N–H and O–H groups in total. The third kappa shape index (κ3) is 5.83. The van der Waals surface area contributed by atoms with Gasteiger partial charge in [0.25, 0.3) is 5.91 Å². The van der Waals surface area contributed by atoms with Gasteiger partial charge in [0.1, 0.15) is 6.04 Å². The summed E-state index contributed by atoms with van der Waals surface area (Å²) in [5.41, 5.74) is 1.02. The van der Waals surface area contributed by atoms with Crippen LogP contribution in [0, 0.1) is 0 Å². The van der Waals surface area contributed by atoms with Crippen molar-refractivity contribution in [2.24, 2.45) is 0 Å². The highest BCUT2D eigenvalue weighted by atomic mass is 35.5. The van der Waals surface area contributed by atoms with Crippen LogP contribution in [0.3, 0.4) is 0 Å². The van der Waals surface area contributed by atoms with Crippen molar-refractivity contribution in [2.45, 2.75) is 31.3 Å². The maximum Gasteiger partial charge on any atom is 0.262 e. The number of hydrogen-bond donors (Lipinski definition) is 3. The minimum absolute atomic E-state index is 0. The van der Waals surface area contributed by atoms with Gasteiger partial charge >= 0.3 is 0 Å². The van der Waals surface area contributed by atoms with Crippen molar-refractivity contribution in [2.75, 3.05) is 13.1 Å². The van der Waals surface area contributed by atoms with Crippen molar-refractivity contribution >= 4 is 35.6 Å². The third-order valence-electron chi connectivity index (χ3n) is 4.29. The van der Waals surface area contributed by atoms with Crippen LogP contribution >= 0.6 is 23.7 Å². The summed E-state index contributed by atoms with van der Waals surface area (Å²) in [6, 6.07) is 12.9. The summed E-state index contributed by atoms with van der Waals surface area (Å²) in [7, 11) is 0. The van der Waals surface area contributed by atoms with Crippen LogP contribution in [0.25, 0.3) is 0 Å². The minimum atomic E-state index is -0.584. The van der Waals surface area contributed by atoms with E-state index >= 15 is 0 Å². The molecular weight excluding hydrogens is 370 g/mol. The smallest absolute Gasteiger partial charge is 0.262 e. The number of thiophene rings is 1. The summed E-state index contributed by atoms with van der Waals surface area (Å²) < 4.78 is 0. The van der Waals surface area contributed by atoms with Crippen molar-refractivity contribution in [3.05, 3.63) is 58.3 Å². The van der Waals surface area contributed by atoms with E-state index in [2.05, 4.69) is 16.0 Å². The molecule has 1 aliphatic heterocycles. The maximum atomic E-state index is 12.8. The molecule has 1 fully saturated rings. The minimum Gasteiger partial charge on any atom is -0.350 e. The van der Waals surface area contributed by atoms with Gasteiger partial charge in [-0.05, 0) is 36.4 Å². The number of amides is 2. The quantitative estimate of drug-likeness (QED) is 0.705. The van der Waals surface area contributed by atoms with Crippen LogP contribution in [0.1, 0.15) is 28.1 Å². The zero-order valence-corrected chi connectivity index (χ0v) is 16.1. The molecule has 1 aromatic carbocycles. The van der Waals surface area contributed by atoms with Gasteiger partial charge in [-0.3, -0.25) is 9.59 Å². The molecule has 2 aromatic rings. The first kappa shape index (κ1) is 20.4. The first-order chi connectivity index (χ1) is 12.2. The van der Waals surface area contributed by atoms with Gasteiger partial charge in [0, 0.05) is 19.0 Å². The van der Waals surface area contributed by atoms with E-state index in [9.17, 15) is 9.59 Å². The third-order valence-corrected chi connectivity index (χ3v) is 5.16. The van der Waals surface area contributed by atoms with Gasteiger partial charge in [0.2, 0.25) is 5.91 Å². The number of hydrogen-bond acceptors (Lipinski definition) is 4. The normalized spacial score (nSPS) is 17.6. The Morgan fingerprint density at radius 2 is 2.00 bits per heavy atom. The second-order valence-electron chi connectivity index (χ2n) is 6.24. The molecule has 1 aromatic heterocycles. The number of rotatable bonds is 6. The molecule has 7 heteroatoms. The Bertz CT molecular complexity index is 688. The molecule has 2 amide bonds. The Labute approximate surface area is 164 Å². The fourth-order valence-corrected chi connectivity index (χ4v) is 3.60. The van der Waals surface area contributed by atoms with Crippen molar-refractivity contribution in [3.63, 3.8) is 0 Å². The van der Waals surface area contributed by atoms with Gasteiger partial charge in [-0.1, -0.05) is 36.4 Å². The first-order valence-corrected chi connectivity index (χ1v) is 9.50. The van der Waals surface area contributed by atoms with Gasteiger partial charge in [0.05, 0.1) is 4.88 Å². The van der Waals surface area contributed by atoms with Gasteiger partial charge in [-0.15, -0.1) is 23.7 Å². The Morgan fingerprint density at radius 1 is 1.19 bits per heavy atom. The Kier molecular flexibility index (Phi) is 8.09. The average Bonchev–Trinajstić information content (AvgIpc) is 3.18. The van der Waals surface area contributed by atoms with Crippen LogP contribution in [0.5, 0.6) is 0 Å². The monoisotopic (exact) mass is 393 g/mol. The number of benzene rings is 1. The molecule has 26 heavy (non-hydrogen) atoms. The highest BCUT2D eigenvalue weighted by Crippen LogP contribution is 2.10. The summed E-state index contributed by atoms with van der Waals surface area (Å²) in [5.74, 6) is -0.324. The molecular formula is C19H24ClN3O2S.